The minimum Gasteiger partial charge on any atom is -0.495 e. The Hall–Kier alpha value is -3.97. The highest BCUT2D eigenvalue weighted by Gasteiger charge is 2.23. The molecule has 1 aromatic heterocycles. The van der Waals surface area contributed by atoms with Crippen LogP contribution in [0.2, 0.25) is 5.02 Å². The maximum absolute atomic E-state index is 13.3. The molecule has 1 heterocycles. The van der Waals surface area contributed by atoms with Crippen LogP contribution in [0.4, 0.5) is 5.69 Å². The number of carbonyl (C=O) groups excluding carboxylic acids is 2. The van der Waals surface area contributed by atoms with E-state index in [1.54, 1.807) is 36.4 Å². The third kappa shape index (κ3) is 4.43. The predicted octanol–water partition coefficient (Wildman–Crippen LogP) is 5.64. The van der Waals surface area contributed by atoms with E-state index in [1.165, 1.54) is 27.4 Å². The van der Waals surface area contributed by atoms with Gasteiger partial charge >= 0.3 is 0 Å². The van der Waals surface area contributed by atoms with Gasteiger partial charge in [-0.2, -0.15) is 0 Å². The van der Waals surface area contributed by atoms with Crippen LogP contribution < -0.4 is 19.5 Å². The van der Waals surface area contributed by atoms with Gasteiger partial charge in [0.1, 0.15) is 11.3 Å². The van der Waals surface area contributed by atoms with Crippen molar-refractivity contribution in [3.05, 3.63) is 82.6 Å². The predicted molar refractivity (Wildman–Crippen MR) is 130 cm³/mol. The smallest absolute Gasteiger partial charge is 0.230 e. The summed E-state index contributed by atoms with van der Waals surface area (Å²) < 4.78 is 21.6. The van der Waals surface area contributed by atoms with E-state index >= 15 is 0 Å². The van der Waals surface area contributed by atoms with Crippen molar-refractivity contribution in [2.24, 2.45) is 0 Å². The average molecular weight is 480 g/mol. The fourth-order valence-electron chi connectivity index (χ4n) is 3.60. The van der Waals surface area contributed by atoms with E-state index in [0.717, 1.165) is 0 Å². The van der Waals surface area contributed by atoms with Crippen molar-refractivity contribution in [2.75, 3.05) is 33.2 Å². The molecule has 34 heavy (non-hydrogen) atoms. The molecule has 3 aromatic carbocycles. The highest BCUT2D eigenvalue weighted by atomic mass is 35.5. The average Bonchev–Trinajstić information content (AvgIpc) is 3.24. The molecule has 0 saturated carbocycles. The summed E-state index contributed by atoms with van der Waals surface area (Å²) in [6, 6.07) is 16.9. The number of rotatable bonds is 9. The molecule has 0 amide bonds. The summed E-state index contributed by atoms with van der Waals surface area (Å²) in [6.45, 7) is -0.0668. The lowest BCUT2D eigenvalue weighted by atomic mass is 10.1. The summed E-state index contributed by atoms with van der Waals surface area (Å²) in [6.07, 6.45) is 0. The number of Topliss-reactive ketones (excluding diaryl/α,β-unsaturated/α-hetero) is 1. The van der Waals surface area contributed by atoms with Crippen molar-refractivity contribution in [3.8, 4) is 17.2 Å². The van der Waals surface area contributed by atoms with Gasteiger partial charge in [0.15, 0.2) is 23.0 Å². The number of nitrogens with one attached hydrogen (secondary N) is 1. The standard InChI is InChI=1S/C26H22ClNO6/c1-31-21-10-9-16(12-18(21)27)25(30)26-24(17-6-4-5-7-20(17)34-26)28-14-19(29)15-8-11-22(32-2)23(13-15)33-3/h4-13,28H,14H2,1-3H3. The summed E-state index contributed by atoms with van der Waals surface area (Å²) in [7, 11) is 4.53. The molecule has 0 aliphatic rings. The summed E-state index contributed by atoms with van der Waals surface area (Å²) in [5.41, 5.74) is 1.72. The lowest BCUT2D eigenvalue weighted by molar-refractivity contribution is 0.0997. The van der Waals surface area contributed by atoms with Crippen molar-refractivity contribution in [1.29, 1.82) is 0 Å². The molecule has 0 aliphatic carbocycles. The summed E-state index contributed by atoms with van der Waals surface area (Å²) in [5.74, 6) is 0.955. The minimum absolute atomic E-state index is 0.0668. The Morgan fingerprint density at radius 3 is 2.24 bits per heavy atom. The Morgan fingerprint density at radius 2 is 1.53 bits per heavy atom. The van der Waals surface area contributed by atoms with Crippen LogP contribution in [0.1, 0.15) is 26.5 Å². The molecular formula is C26H22ClNO6. The van der Waals surface area contributed by atoms with Gasteiger partial charge in [0.2, 0.25) is 5.78 Å². The van der Waals surface area contributed by atoms with Crippen LogP contribution in [-0.2, 0) is 0 Å². The first-order valence-corrected chi connectivity index (χ1v) is 10.7. The maximum Gasteiger partial charge on any atom is 0.230 e. The number of para-hydroxylation sites is 1. The fraction of sp³-hybridized carbons (Fsp3) is 0.154. The van der Waals surface area contributed by atoms with E-state index < -0.39 is 0 Å². The SMILES string of the molecule is COc1ccc(C(=O)c2oc3ccccc3c2NCC(=O)c2ccc(OC)c(OC)c2)cc1Cl. The summed E-state index contributed by atoms with van der Waals surface area (Å²) >= 11 is 6.21. The quantitative estimate of drug-likeness (QED) is 0.311. The van der Waals surface area contributed by atoms with E-state index in [4.69, 9.17) is 30.2 Å². The Kier molecular flexibility index (Phi) is 6.75. The second-order valence-electron chi connectivity index (χ2n) is 7.33. The molecule has 0 bridgehead atoms. The van der Waals surface area contributed by atoms with Gasteiger partial charge < -0.3 is 23.9 Å². The Labute approximate surface area is 201 Å². The van der Waals surface area contributed by atoms with Gasteiger partial charge in [-0.3, -0.25) is 9.59 Å². The molecule has 4 aromatic rings. The van der Waals surface area contributed by atoms with Gasteiger partial charge in [-0.05, 0) is 48.5 Å². The van der Waals surface area contributed by atoms with Crippen LogP contribution in [-0.4, -0.2) is 39.4 Å². The first-order chi connectivity index (χ1) is 16.5. The van der Waals surface area contributed by atoms with E-state index in [2.05, 4.69) is 5.32 Å². The molecule has 4 rings (SSSR count). The van der Waals surface area contributed by atoms with Crippen molar-refractivity contribution >= 4 is 39.8 Å². The van der Waals surface area contributed by atoms with Crippen molar-refractivity contribution in [3.63, 3.8) is 0 Å². The van der Waals surface area contributed by atoms with Crippen LogP contribution >= 0.6 is 11.6 Å². The first-order valence-electron chi connectivity index (χ1n) is 10.4. The monoisotopic (exact) mass is 479 g/mol. The van der Waals surface area contributed by atoms with Crippen molar-refractivity contribution in [2.45, 2.75) is 0 Å². The number of anilines is 1. The van der Waals surface area contributed by atoms with Gasteiger partial charge in [0.05, 0.1) is 38.6 Å². The number of fused-ring (bicyclic) bond motifs is 1. The lowest BCUT2D eigenvalue weighted by Gasteiger charge is -2.10. The molecule has 0 fully saturated rings. The van der Waals surface area contributed by atoms with Crippen LogP contribution in [0.15, 0.2) is 65.1 Å². The number of furan rings is 1. The lowest BCUT2D eigenvalue weighted by Crippen LogP contribution is -2.16. The third-order valence-electron chi connectivity index (χ3n) is 5.35. The minimum atomic E-state index is -0.373. The number of methoxy groups -OCH3 is 3. The van der Waals surface area contributed by atoms with Crippen LogP contribution in [0.3, 0.4) is 0 Å². The number of ether oxygens (including phenoxy) is 3. The number of halogens is 1. The molecule has 0 spiro atoms. The second kappa shape index (κ2) is 9.89. The molecule has 0 unspecified atom stereocenters. The molecule has 0 atom stereocenters. The maximum atomic E-state index is 13.3. The van der Waals surface area contributed by atoms with Crippen LogP contribution in [0, 0.1) is 0 Å². The number of ketones is 2. The molecule has 7 nitrogen and oxygen atoms in total. The van der Waals surface area contributed by atoms with Crippen LogP contribution in [0.5, 0.6) is 17.2 Å². The molecule has 174 valence electrons. The topological polar surface area (TPSA) is 87.0 Å². The Morgan fingerprint density at radius 1 is 0.853 bits per heavy atom. The zero-order chi connectivity index (χ0) is 24.2. The number of carbonyl (C=O) groups is 2. The molecule has 0 radical (unpaired) electrons. The highest BCUT2D eigenvalue weighted by molar-refractivity contribution is 6.32. The summed E-state index contributed by atoms with van der Waals surface area (Å²) in [5, 5.41) is 4.09. The van der Waals surface area contributed by atoms with Gasteiger partial charge in [-0.15, -0.1) is 0 Å². The van der Waals surface area contributed by atoms with E-state index in [1.807, 2.05) is 18.2 Å². The molecular weight excluding hydrogens is 458 g/mol. The van der Waals surface area contributed by atoms with Crippen molar-refractivity contribution in [1.82, 2.24) is 0 Å². The number of benzene rings is 3. The Balaban J connectivity index is 1.65. The largest absolute Gasteiger partial charge is 0.495 e. The molecule has 1 N–H and O–H groups in total. The van der Waals surface area contributed by atoms with Gasteiger partial charge in [0.25, 0.3) is 0 Å². The zero-order valence-electron chi connectivity index (χ0n) is 18.8. The van der Waals surface area contributed by atoms with Crippen molar-refractivity contribution < 1.29 is 28.2 Å². The zero-order valence-corrected chi connectivity index (χ0v) is 19.6. The van der Waals surface area contributed by atoms with Gasteiger partial charge in [-0.1, -0.05) is 23.7 Å². The van der Waals surface area contributed by atoms with Gasteiger partial charge in [0, 0.05) is 16.5 Å². The number of hydrogen-bond donors (Lipinski definition) is 1. The van der Waals surface area contributed by atoms with E-state index in [-0.39, 0.29) is 23.9 Å². The van der Waals surface area contributed by atoms with Gasteiger partial charge in [-0.25, -0.2) is 0 Å². The molecule has 0 saturated heterocycles. The van der Waals surface area contributed by atoms with E-state index in [0.29, 0.717) is 50.1 Å². The fourth-order valence-corrected chi connectivity index (χ4v) is 3.86. The Bertz CT molecular complexity index is 1380. The summed E-state index contributed by atoms with van der Waals surface area (Å²) in [4.78, 5) is 26.2. The first kappa shape index (κ1) is 23.2. The molecule has 8 heteroatoms. The third-order valence-corrected chi connectivity index (χ3v) is 5.64. The molecule has 0 aliphatic heterocycles. The van der Waals surface area contributed by atoms with Crippen LogP contribution in [0.25, 0.3) is 11.0 Å². The van der Waals surface area contributed by atoms with E-state index in [9.17, 15) is 9.59 Å². The number of hydrogen-bond acceptors (Lipinski definition) is 7. The second-order valence-corrected chi connectivity index (χ2v) is 7.73. The normalized spacial score (nSPS) is 10.7. The highest BCUT2D eigenvalue weighted by Crippen LogP contribution is 2.34.